The van der Waals surface area contributed by atoms with E-state index in [4.69, 9.17) is 4.99 Å². The van der Waals surface area contributed by atoms with E-state index >= 15 is 0 Å². The topological polar surface area (TPSA) is 15.6 Å². The lowest BCUT2D eigenvalue weighted by Crippen LogP contribution is -2.57. The number of rotatable bonds is 1. The first-order chi connectivity index (χ1) is 9.83. The number of hydrogen-bond acceptors (Lipinski definition) is 2. The maximum atomic E-state index is 5.08. The molecular formula is C18H22N2. The van der Waals surface area contributed by atoms with Crippen molar-refractivity contribution in [3.05, 3.63) is 29.8 Å². The monoisotopic (exact) mass is 266 g/mol. The van der Waals surface area contributed by atoms with Crippen LogP contribution in [0.2, 0.25) is 0 Å². The van der Waals surface area contributed by atoms with Gasteiger partial charge in [-0.1, -0.05) is 31.5 Å². The number of para-hydroxylation sites is 1. The van der Waals surface area contributed by atoms with Gasteiger partial charge < -0.3 is 0 Å². The molecule has 2 bridgehead atoms. The molecule has 1 aromatic carbocycles. The van der Waals surface area contributed by atoms with E-state index in [1.54, 1.807) is 0 Å². The summed E-state index contributed by atoms with van der Waals surface area (Å²) in [7, 11) is 0. The van der Waals surface area contributed by atoms with E-state index < -0.39 is 0 Å². The quantitative estimate of drug-likeness (QED) is 0.759. The Morgan fingerprint density at radius 3 is 3.15 bits per heavy atom. The SMILES string of the molecule is CC[C@@H]1CN2CC[C@@]34C(=Nc5ccccc53)CC1C[C@H]24. The number of piperidine rings is 1. The van der Waals surface area contributed by atoms with Crippen LogP contribution in [0.4, 0.5) is 5.69 Å². The molecule has 20 heavy (non-hydrogen) atoms. The number of aliphatic imine (C=N–C) groups is 1. The van der Waals surface area contributed by atoms with Crippen LogP contribution in [0.25, 0.3) is 0 Å². The molecule has 1 unspecified atom stereocenters. The van der Waals surface area contributed by atoms with Gasteiger partial charge in [0, 0.05) is 18.3 Å². The van der Waals surface area contributed by atoms with Crippen molar-refractivity contribution in [3.8, 4) is 0 Å². The van der Waals surface area contributed by atoms with Gasteiger partial charge in [0.2, 0.25) is 0 Å². The van der Waals surface area contributed by atoms with Crippen LogP contribution in [0.3, 0.4) is 0 Å². The van der Waals surface area contributed by atoms with Crippen LogP contribution < -0.4 is 0 Å². The zero-order chi connectivity index (χ0) is 13.3. The molecule has 104 valence electrons. The first-order valence-corrected chi connectivity index (χ1v) is 8.24. The summed E-state index contributed by atoms with van der Waals surface area (Å²) in [6.07, 6.45) is 5.31. The van der Waals surface area contributed by atoms with Crippen molar-refractivity contribution in [3.63, 3.8) is 0 Å². The molecule has 5 rings (SSSR count). The molecule has 1 saturated carbocycles. The van der Waals surface area contributed by atoms with E-state index in [0.29, 0.717) is 5.41 Å². The number of hydrogen-bond donors (Lipinski definition) is 0. The molecule has 3 aliphatic heterocycles. The molecule has 1 spiro atoms. The van der Waals surface area contributed by atoms with Crippen molar-refractivity contribution in [1.29, 1.82) is 0 Å². The van der Waals surface area contributed by atoms with E-state index in [-0.39, 0.29) is 0 Å². The van der Waals surface area contributed by atoms with Crippen molar-refractivity contribution in [2.45, 2.75) is 44.1 Å². The summed E-state index contributed by atoms with van der Waals surface area (Å²) in [6.45, 7) is 4.98. The van der Waals surface area contributed by atoms with Crippen LogP contribution in [-0.4, -0.2) is 29.7 Å². The summed E-state index contributed by atoms with van der Waals surface area (Å²) in [4.78, 5) is 7.88. The van der Waals surface area contributed by atoms with Gasteiger partial charge in [-0.2, -0.15) is 0 Å². The molecule has 4 atom stereocenters. The maximum absolute atomic E-state index is 5.08. The summed E-state index contributed by atoms with van der Waals surface area (Å²) in [5.41, 5.74) is 4.63. The van der Waals surface area contributed by atoms with Gasteiger partial charge >= 0.3 is 0 Å². The molecule has 0 N–H and O–H groups in total. The number of nitrogens with zero attached hydrogens (tertiary/aromatic N) is 2. The molecule has 1 aromatic rings. The minimum atomic E-state index is 0.297. The van der Waals surface area contributed by atoms with Gasteiger partial charge in [0.05, 0.1) is 11.1 Å². The average Bonchev–Trinajstić information content (AvgIpc) is 3.02. The fourth-order valence-electron chi connectivity index (χ4n) is 5.64. The molecule has 4 aliphatic rings. The second kappa shape index (κ2) is 3.73. The molecule has 0 radical (unpaired) electrons. The van der Waals surface area contributed by atoms with Crippen molar-refractivity contribution in [2.75, 3.05) is 13.1 Å². The number of fused-ring (bicyclic) bond motifs is 2. The smallest absolute Gasteiger partial charge is 0.0671 e. The van der Waals surface area contributed by atoms with Gasteiger partial charge in [-0.3, -0.25) is 9.89 Å². The molecular weight excluding hydrogens is 244 g/mol. The highest BCUT2D eigenvalue weighted by Crippen LogP contribution is 2.58. The minimum Gasteiger partial charge on any atom is -0.299 e. The first-order valence-electron chi connectivity index (χ1n) is 8.24. The summed E-state index contributed by atoms with van der Waals surface area (Å²) < 4.78 is 0. The van der Waals surface area contributed by atoms with Gasteiger partial charge in [-0.25, -0.2) is 0 Å². The summed E-state index contributed by atoms with van der Waals surface area (Å²) >= 11 is 0. The van der Waals surface area contributed by atoms with Gasteiger partial charge in [0.1, 0.15) is 0 Å². The highest BCUT2D eigenvalue weighted by molar-refractivity contribution is 6.03. The van der Waals surface area contributed by atoms with E-state index in [1.807, 2.05) is 0 Å². The zero-order valence-electron chi connectivity index (χ0n) is 12.2. The van der Waals surface area contributed by atoms with Gasteiger partial charge in [-0.05, 0) is 49.3 Å². The van der Waals surface area contributed by atoms with Gasteiger partial charge in [0.15, 0.2) is 0 Å². The molecule has 0 aromatic heterocycles. The third kappa shape index (κ3) is 1.18. The molecule has 3 fully saturated rings. The van der Waals surface area contributed by atoms with Crippen molar-refractivity contribution in [1.82, 2.24) is 4.90 Å². The predicted molar refractivity (Wildman–Crippen MR) is 81.7 cm³/mol. The Balaban J connectivity index is 1.69. The van der Waals surface area contributed by atoms with Crippen LogP contribution in [-0.2, 0) is 5.41 Å². The maximum Gasteiger partial charge on any atom is 0.0671 e. The van der Waals surface area contributed by atoms with Crippen molar-refractivity contribution < 1.29 is 0 Å². The Morgan fingerprint density at radius 2 is 2.25 bits per heavy atom. The fraction of sp³-hybridized carbons (Fsp3) is 0.611. The average molecular weight is 266 g/mol. The third-order valence-corrected chi connectivity index (χ3v) is 6.60. The van der Waals surface area contributed by atoms with Gasteiger partial charge in [0.25, 0.3) is 0 Å². The molecule has 2 saturated heterocycles. The van der Waals surface area contributed by atoms with E-state index in [2.05, 4.69) is 36.1 Å². The normalized spacial score (nSPS) is 41.2. The second-order valence-corrected chi connectivity index (χ2v) is 7.18. The minimum absolute atomic E-state index is 0.297. The zero-order valence-corrected chi connectivity index (χ0v) is 12.2. The Hall–Kier alpha value is -1.15. The highest BCUT2D eigenvalue weighted by atomic mass is 15.2. The Morgan fingerprint density at radius 1 is 1.35 bits per heavy atom. The predicted octanol–water partition coefficient (Wildman–Crippen LogP) is 3.53. The fourth-order valence-corrected chi connectivity index (χ4v) is 5.64. The van der Waals surface area contributed by atoms with Crippen molar-refractivity contribution in [2.24, 2.45) is 16.8 Å². The lowest BCUT2D eigenvalue weighted by molar-refractivity contribution is 0.0667. The lowest BCUT2D eigenvalue weighted by Gasteiger charge is -2.50. The Kier molecular flexibility index (Phi) is 2.15. The van der Waals surface area contributed by atoms with E-state index in [1.165, 1.54) is 55.7 Å². The molecule has 2 nitrogen and oxygen atoms in total. The highest BCUT2D eigenvalue weighted by Gasteiger charge is 2.60. The number of benzene rings is 1. The van der Waals surface area contributed by atoms with Crippen LogP contribution in [0.5, 0.6) is 0 Å². The summed E-state index contributed by atoms with van der Waals surface area (Å²) in [6, 6.07) is 9.66. The molecule has 3 heterocycles. The van der Waals surface area contributed by atoms with Crippen LogP contribution in [0, 0.1) is 11.8 Å². The molecule has 2 heteroatoms. The van der Waals surface area contributed by atoms with Crippen molar-refractivity contribution >= 4 is 11.4 Å². The Bertz CT molecular complexity index is 605. The second-order valence-electron chi connectivity index (χ2n) is 7.18. The largest absolute Gasteiger partial charge is 0.299 e. The molecule has 1 aliphatic carbocycles. The van der Waals surface area contributed by atoms with Gasteiger partial charge in [-0.15, -0.1) is 0 Å². The lowest BCUT2D eigenvalue weighted by atomic mass is 9.59. The Labute approximate surface area is 120 Å². The van der Waals surface area contributed by atoms with Crippen LogP contribution in [0.15, 0.2) is 29.3 Å². The van der Waals surface area contributed by atoms with E-state index in [9.17, 15) is 0 Å². The summed E-state index contributed by atoms with van der Waals surface area (Å²) in [5.74, 6) is 1.79. The van der Waals surface area contributed by atoms with E-state index in [0.717, 1.165) is 17.9 Å². The van der Waals surface area contributed by atoms with Crippen LogP contribution in [0.1, 0.15) is 38.2 Å². The summed E-state index contributed by atoms with van der Waals surface area (Å²) in [5, 5.41) is 0. The first kappa shape index (κ1) is 11.5. The third-order valence-electron chi connectivity index (χ3n) is 6.60. The molecule has 0 amide bonds. The standard InChI is InChI=1S/C18H22N2/c1-2-12-11-20-8-7-18-14-5-3-4-6-15(14)19-16(18)9-13(12)10-17(18)20/h3-6,12-13,17H,2,7-11H2,1H3/t12-,13?,17+,18+/m1/s1. The van der Waals surface area contributed by atoms with Crippen LogP contribution >= 0.6 is 0 Å².